The molecule has 1 N–H and O–H groups in total. The Morgan fingerprint density at radius 1 is 1.19 bits per heavy atom. The molecule has 0 saturated carbocycles. The van der Waals surface area contributed by atoms with Gasteiger partial charge < -0.3 is 14.8 Å². The first kappa shape index (κ1) is 19.4. The van der Waals surface area contributed by atoms with E-state index in [0.29, 0.717) is 16.3 Å². The number of aryl methyl sites for hydroxylation is 2. The number of para-hydroxylation sites is 1. The van der Waals surface area contributed by atoms with Gasteiger partial charge in [-0.15, -0.1) is 11.3 Å². The van der Waals surface area contributed by atoms with Crippen molar-refractivity contribution in [3.63, 3.8) is 0 Å². The van der Waals surface area contributed by atoms with Crippen molar-refractivity contribution in [2.75, 3.05) is 11.9 Å². The van der Waals surface area contributed by atoms with Crippen LogP contribution in [-0.2, 0) is 22.4 Å². The van der Waals surface area contributed by atoms with E-state index in [1.54, 1.807) is 0 Å². The highest BCUT2D eigenvalue weighted by atomic mass is 32.1. The maximum Gasteiger partial charge on any atom is 0.341 e. The molecule has 3 rings (SSSR count). The summed E-state index contributed by atoms with van der Waals surface area (Å²) in [6.07, 6.45) is 3.75. The lowest BCUT2D eigenvalue weighted by Gasteiger charge is -2.14. The number of nitrogens with one attached hydrogen (secondary N) is 1. The van der Waals surface area contributed by atoms with Gasteiger partial charge >= 0.3 is 5.97 Å². The molecule has 1 amide bonds. The van der Waals surface area contributed by atoms with E-state index in [1.807, 2.05) is 45.0 Å². The molecule has 0 aliphatic heterocycles. The molecule has 1 aliphatic rings. The summed E-state index contributed by atoms with van der Waals surface area (Å²) in [5.41, 5.74) is 2.53. The molecular weight excluding hydrogens is 362 g/mol. The Bertz CT molecular complexity index is 841. The van der Waals surface area contributed by atoms with Crippen LogP contribution in [0.5, 0.6) is 5.75 Å². The molecule has 1 aromatic carbocycles. The summed E-state index contributed by atoms with van der Waals surface area (Å²) in [6, 6.07) is 7.55. The number of fused-ring (bicyclic) bond motifs is 1. The largest absolute Gasteiger partial charge is 0.483 e. The van der Waals surface area contributed by atoms with Crippen LogP contribution in [-0.4, -0.2) is 24.6 Å². The second-order valence-electron chi connectivity index (χ2n) is 6.97. The SMILES string of the molecule is Cc1ccccc1OCC(=O)Nc1sc2c(c1C(=O)OC(C)C)CCCC2. The van der Waals surface area contributed by atoms with E-state index in [9.17, 15) is 9.59 Å². The van der Waals surface area contributed by atoms with Crippen LogP contribution in [0.4, 0.5) is 5.00 Å². The number of ether oxygens (including phenoxy) is 2. The van der Waals surface area contributed by atoms with Crippen molar-refractivity contribution in [1.82, 2.24) is 0 Å². The Balaban J connectivity index is 1.75. The van der Waals surface area contributed by atoms with Crippen LogP contribution >= 0.6 is 11.3 Å². The van der Waals surface area contributed by atoms with E-state index < -0.39 is 0 Å². The van der Waals surface area contributed by atoms with E-state index >= 15 is 0 Å². The highest BCUT2D eigenvalue weighted by molar-refractivity contribution is 7.17. The van der Waals surface area contributed by atoms with Gasteiger partial charge in [0.1, 0.15) is 10.8 Å². The highest BCUT2D eigenvalue weighted by Crippen LogP contribution is 2.38. The molecule has 27 heavy (non-hydrogen) atoms. The van der Waals surface area contributed by atoms with Crippen molar-refractivity contribution in [2.24, 2.45) is 0 Å². The van der Waals surface area contributed by atoms with Gasteiger partial charge in [0.15, 0.2) is 6.61 Å². The Kier molecular flexibility index (Phi) is 6.16. The number of carbonyl (C=O) groups is 2. The molecule has 0 unspecified atom stereocenters. The van der Waals surface area contributed by atoms with Crippen molar-refractivity contribution in [2.45, 2.75) is 52.6 Å². The molecular formula is C21H25NO4S. The normalized spacial score (nSPS) is 13.2. The number of benzene rings is 1. The number of thiophene rings is 1. The number of hydrogen-bond acceptors (Lipinski definition) is 5. The Morgan fingerprint density at radius 3 is 2.67 bits per heavy atom. The number of rotatable bonds is 6. The fourth-order valence-electron chi connectivity index (χ4n) is 3.17. The minimum absolute atomic E-state index is 0.105. The first-order valence-corrected chi connectivity index (χ1v) is 10.1. The third-order valence-electron chi connectivity index (χ3n) is 4.42. The first-order chi connectivity index (χ1) is 13.0. The molecule has 144 valence electrons. The second kappa shape index (κ2) is 8.57. The molecule has 1 aromatic heterocycles. The summed E-state index contributed by atoms with van der Waals surface area (Å²) >= 11 is 1.48. The molecule has 1 heterocycles. The fourth-order valence-corrected chi connectivity index (χ4v) is 4.46. The third kappa shape index (κ3) is 4.69. The van der Waals surface area contributed by atoms with E-state index in [1.165, 1.54) is 16.2 Å². The average molecular weight is 388 g/mol. The van der Waals surface area contributed by atoms with Gasteiger partial charge in [-0.25, -0.2) is 4.79 Å². The van der Waals surface area contributed by atoms with Gasteiger partial charge in [0.25, 0.3) is 5.91 Å². The average Bonchev–Trinajstić information content (AvgIpc) is 2.98. The van der Waals surface area contributed by atoms with Crippen LogP contribution < -0.4 is 10.1 Å². The molecule has 0 atom stereocenters. The van der Waals surface area contributed by atoms with Gasteiger partial charge in [-0.1, -0.05) is 18.2 Å². The first-order valence-electron chi connectivity index (χ1n) is 9.29. The number of amides is 1. The van der Waals surface area contributed by atoms with Gasteiger partial charge in [0.2, 0.25) is 0 Å². The standard InChI is InChI=1S/C21H25NO4S/c1-13(2)26-21(24)19-15-9-5-7-11-17(15)27-20(19)22-18(23)12-25-16-10-6-4-8-14(16)3/h4,6,8,10,13H,5,7,9,11-12H2,1-3H3,(H,22,23). The Hall–Kier alpha value is -2.34. The zero-order valence-corrected chi connectivity index (χ0v) is 16.8. The molecule has 0 saturated heterocycles. The van der Waals surface area contributed by atoms with E-state index in [0.717, 1.165) is 36.8 Å². The van der Waals surface area contributed by atoms with Crippen molar-refractivity contribution in [1.29, 1.82) is 0 Å². The van der Waals surface area contributed by atoms with Crippen LogP contribution in [0.15, 0.2) is 24.3 Å². The van der Waals surface area contributed by atoms with E-state index in [2.05, 4.69) is 5.32 Å². The minimum Gasteiger partial charge on any atom is -0.483 e. The molecule has 6 heteroatoms. The molecule has 0 radical (unpaired) electrons. The number of esters is 1. The maximum atomic E-state index is 12.6. The zero-order chi connectivity index (χ0) is 19.4. The molecule has 0 bridgehead atoms. The van der Waals surface area contributed by atoms with E-state index in [-0.39, 0.29) is 24.6 Å². The van der Waals surface area contributed by atoms with Gasteiger partial charge in [0.05, 0.1) is 11.7 Å². The van der Waals surface area contributed by atoms with Crippen molar-refractivity contribution < 1.29 is 19.1 Å². The highest BCUT2D eigenvalue weighted by Gasteiger charge is 2.27. The number of hydrogen-bond donors (Lipinski definition) is 1. The molecule has 2 aromatic rings. The number of anilines is 1. The van der Waals surface area contributed by atoms with Gasteiger partial charge in [-0.3, -0.25) is 4.79 Å². The lowest BCUT2D eigenvalue weighted by atomic mass is 9.95. The van der Waals surface area contributed by atoms with Crippen LogP contribution in [0.3, 0.4) is 0 Å². The van der Waals surface area contributed by atoms with Crippen molar-refractivity contribution >= 4 is 28.2 Å². The zero-order valence-electron chi connectivity index (χ0n) is 16.0. The summed E-state index contributed by atoms with van der Waals surface area (Å²) < 4.78 is 11.0. The monoisotopic (exact) mass is 387 g/mol. The minimum atomic E-state index is -0.362. The maximum absolute atomic E-state index is 12.6. The van der Waals surface area contributed by atoms with Gasteiger partial charge in [0, 0.05) is 4.88 Å². The quantitative estimate of drug-likeness (QED) is 0.740. The Labute approximate surface area is 163 Å². The lowest BCUT2D eigenvalue weighted by Crippen LogP contribution is -2.22. The number of carbonyl (C=O) groups excluding carboxylic acids is 2. The van der Waals surface area contributed by atoms with E-state index in [4.69, 9.17) is 9.47 Å². The van der Waals surface area contributed by atoms with Crippen LogP contribution in [0.1, 0.15) is 53.1 Å². The molecule has 1 aliphatic carbocycles. The van der Waals surface area contributed by atoms with Crippen molar-refractivity contribution in [3.8, 4) is 5.75 Å². The topological polar surface area (TPSA) is 64.6 Å². The predicted molar refractivity (Wildman–Crippen MR) is 107 cm³/mol. The van der Waals surface area contributed by atoms with Crippen LogP contribution in [0, 0.1) is 6.92 Å². The predicted octanol–water partition coefficient (Wildman–Crippen LogP) is 4.52. The summed E-state index contributed by atoms with van der Waals surface area (Å²) in [5, 5.41) is 3.44. The third-order valence-corrected chi connectivity index (χ3v) is 5.63. The van der Waals surface area contributed by atoms with Gasteiger partial charge in [-0.05, 0) is 63.6 Å². The summed E-state index contributed by atoms with van der Waals surface area (Å²) in [7, 11) is 0. The Morgan fingerprint density at radius 2 is 1.93 bits per heavy atom. The summed E-state index contributed by atoms with van der Waals surface area (Å²) in [6.45, 7) is 5.47. The molecule has 5 nitrogen and oxygen atoms in total. The fraction of sp³-hybridized carbons (Fsp3) is 0.429. The molecule has 0 spiro atoms. The van der Waals surface area contributed by atoms with Crippen LogP contribution in [0.2, 0.25) is 0 Å². The van der Waals surface area contributed by atoms with Gasteiger partial charge in [-0.2, -0.15) is 0 Å². The summed E-state index contributed by atoms with van der Waals surface area (Å²) in [5.74, 6) is 0.0348. The lowest BCUT2D eigenvalue weighted by molar-refractivity contribution is -0.118. The second-order valence-corrected chi connectivity index (χ2v) is 8.08. The van der Waals surface area contributed by atoms with Crippen molar-refractivity contribution in [3.05, 3.63) is 45.8 Å². The molecule has 0 fully saturated rings. The summed E-state index contributed by atoms with van der Waals surface area (Å²) in [4.78, 5) is 26.2. The van der Waals surface area contributed by atoms with Crippen LogP contribution in [0.25, 0.3) is 0 Å². The smallest absolute Gasteiger partial charge is 0.341 e.